The van der Waals surface area contributed by atoms with Gasteiger partial charge in [-0.3, -0.25) is 0 Å². The number of nitrogens with two attached hydrogens (primary N) is 1. The highest BCUT2D eigenvalue weighted by molar-refractivity contribution is 5.38. The van der Waals surface area contributed by atoms with E-state index < -0.39 is 0 Å². The van der Waals surface area contributed by atoms with Crippen LogP contribution >= 0.6 is 0 Å². The summed E-state index contributed by atoms with van der Waals surface area (Å²) in [5.41, 5.74) is 7.08. The molecular formula is C21H38N2. The van der Waals surface area contributed by atoms with Crippen LogP contribution in [0.2, 0.25) is 0 Å². The minimum absolute atomic E-state index is 0.710. The Morgan fingerprint density at radius 2 is 1.22 bits per heavy atom. The average molecular weight is 319 g/mol. The van der Waals surface area contributed by atoms with Crippen molar-refractivity contribution >= 4 is 5.82 Å². The molecule has 2 nitrogen and oxygen atoms in total. The molecule has 1 heterocycles. The van der Waals surface area contributed by atoms with Gasteiger partial charge in [0.05, 0.1) is 0 Å². The van der Waals surface area contributed by atoms with E-state index in [0.717, 1.165) is 6.42 Å². The van der Waals surface area contributed by atoms with Crippen molar-refractivity contribution in [2.24, 2.45) is 0 Å². The molecule has 0 aliphatic rings. The summed E-state index contributed by atoms with van der Waals surface area (Å²) in [5.74, 6) is 0.710. The van der Waals surface area contributed by atoms with Crippen molar-refractivity contribution < 1.29 is 0 Å². The second-order valence-electron chi connectivity index (χ2n) is 6.89. The van der Waals surface area contributed by atoms with Crippen molar-refractivity contribution in [3.63, 3.8) is 0 Å². The molecule has 0 aromatic carbocycles. The number of unbranched alkanes of at least 4 members (excludes halogenated alkanes) is 13. The molecule has 0 spiro atoms. The lowest BCUT2D eigenvalue weighted by molar-refractivity contribution is 0.535. The number of anilines is 1. The maximum atomic E-state index is 5.86. The van der Waals surface area contributed by atoms with Crippen molar-refractivity contribution in [3.8, 4) is 0 Å². The van der Waals surface area contributed by atoms with Crippen LogP contribution in [-0.2, 0) is 6.42 Å². The van der Waals surface area contributed by atoms with Crippen LogP contribution in [0.4, 0.5) is 5.82 Å². The van der Waals surface area contributed by atoms with Crippen molar-refractivity contribution in [2.75, 3.05) is 5.73 Å². The zero-order valence-corrected chi connectivity index (χ0v) is 15.4. The number of nitrogen functional groups attached to an aromatic ring is 1. The minimum Gasteiger partial charge on any atom is -0.383 e. The van der Waals surface area contributed by atoms with Crippen LogP contribution in [0.5, 0.6) is 0 Å². The number of rotatable bonds is 15. The number of hydrogen-bond donors (Lipinski definition) is 1. The van der Waals surface area contributed by atoms with Gasteiger partial charge in [0.1, 0.15) is 5.82 Å². The lowest BCUT2D eigenvalue weighted by atomic mass is 10.0. The molecule has 0 saturated carbocycles. The molecule has 0 saturated heterocycles. The molecule has 0 aliphatic carbocycles. The Kier molecular flexibility index (Phi) is 12.6. The van der Waals surface area contributed by atoms with Crippen LogP contribution in [0.1, 0.15) is 102 Å². The normalized spacial score (nSPS) is 11.0. The van der Waals surface area contributed by atoms with Crippen LogP contribution < -0.4 is 5.73 Å². The van der Waals surface area contributed by atoms with Crippen LogP contribution in [0, 0.1) is 0 Å². The van der Waals surface area contributed by atoms with E-state index in [1.165, 1.54) is 95.5 Å². The second-order valence-corrected chi connectivity index (χ2v) is 6.89. The Balaban J connectivity index is 1.79. The first-order valence-corrected chi connectivity index (χ1v) is 10.0. The molecule has 0 radical (unpaired) electrons. The minimum atomic E-state index is 0.710. The number of hydrogen-bond acceptors (Lipinski definition) is 2. The number of aryl methyl sites for hydroxylation is 1. The maximum absolute atomic E-state index is 5.86. The molecule has 0 amide bonds. The van der Waals surface area contributed by atoms with E-state index in [-0.39, 0.29) is 0 Å². The fourth-order valence-corrected chi connectivity index (χ4v) is 3.17. The van der Waals surface area contributed by atoms with E-state index in [2.05, 4.69) is 18.0 Å². The van der Waals surface area contributed by atoms with Gasteiger partial charge in [-0.25, -0.2) is 4.98 Å². The predicted octanol–water partition coefficient (Wildman–Crippen LogP) is 6.69. The van der Waals surface area contributed by atoms with Gasteiger partial charge >= 0.3 is 0 Å². The first kappa shape index (κ1) is 20.0. The molecule has 132 valence electrons. The van der Waals surface area contributed by atoms with Gasteiger partial charge in [-0.05, 0) is 24.5 Å². The van der Waals surface area contributed by atoms with Crippen LogP contribution in [0.3, 0.4) is 0 Å². The summed E-state index contributed by atoms with van der Waals surface area (Å²) >= 11 is 0. The summed E-state index contributed by atoms with van der Waals surface area (Å²) in [6.07, 6.45) is 22.5. The number of aromatic nitrogens is 1. The number of nitrogens with zero attached hydrogens (tertiary/aromatic N) is 1. The predicted molar refractivity (Wildman–Crippen MR) is 103 cm³/mol. The first-order chi connectivity index (χ1) is 11.3. The Labute approximate surface area is 144 Å². The molecule has 2 N–H and O–H groups in total. The molecule has 0 bridgehead atoms. The molecule has 0 fully saturated rings. The highest BCUT2D eigenvalue weighted by atomic mass is 14.8. The molecule has 1 aromatic rings. The van der Waals surface area contributed by atoms with E-state index >= 15 is 0 Å². The van der Waals surface area contributed by atoms with Gasteiger partial charge in [0, 0.05) is 6.20 Å². The SMILES string of the molecule is CCCCCCCCCCCCCCCCc1cccnc1N. The second kappa shape index (κ2) is 14.5. The average Bonchev–Trinajstić information content (AvgIpc) is 2.57. The summed E-state index contributed by atoms with van der Waals surface area (Å²) in [6.45, 7) is 2.29. The molecule has 1 aromatic heterocycles. The summed E-state index contributed by atoms with van der Waals surface area (Å²) in [5, 5.41) is 0. The van der Waals surface area contributed by atoms with Gasteiger partial charge in [0.15, 0.2) is 0 Å². The van der Waals surface area contributed by atoms with Gasteiger partial charge in [0.2, 0.25) is 0 Å². The monoisotopic (exact) mass is 318 g/mol. The van der Waals surface area contributed by atoms with Gasteiger partial charge in [-0.2, -0.15) is 0 Å². The van der Waals surface area contributed by atoms with E-state index in [1.807, 2.05) is 6.07 Å². The van der Waals surface area contributed by atoms with Gasteiger partial charge < -0.3 is 5.73 Å². The van der Waals surface area contributed by atoms with Gasteiger partial charge in [-0.15, -0.1) is 0 Å². The summed E-state index contributed by atoms with van der Waals surface area (Å²) in [7, 11) is 0. The highest BCUT2D eigenvalue weighted by Gasteiger charge is 1.99. The van der Waals surface area contributed by atoms with E-state index in [9.17, 15) is 0 Å². The third kappa shape index (κ3) is 11.2. The Hall–Kier alpha value is -1.05. The fraction of sp³-hybridized carbons (Fsp3) is 0.762. The molecule has 0 aliphatic heterocycles. The Morgan fingerprint density at radius 1 is 0.739 bits per heavy atom. The largest absolute Gasteiger partial charge is 0.383 e. The van der Waals surface area contributed by atoms with Gasteiger partial charge in [-0.1, -0.05) is 96.5 Å². The molecule has 0 atom stereocenters. The van der Waals surface area contributed by atoms with Crippen molar-refractivity contribution in [1.29, 1.82) is 0 Å². The van der Waals surface area contributed by atoms with E-state index in [4.69, 9.17) is 5.73 Å². The summed E-state index contributed by atoms with van der Waals surface area (Å²) in [6, 6.07) is 4.08. The highest BCUT2D eigenvalue weighted by Crippen LogP contribution is 2.15. The lowest BCUT2D eigenvalue weighted by Crippen LogP contribution is -1.97. The zero-order chi connectivity index (χ0) is 16.6. The summed E-state index contributed by atoms with van der Waals surface area (Å²) < 4.78 is 0. The van der Waals surface area contributed by atoms with Crippen LogP contribution in [-0.4, -0.2) is 4.98 Å². The third-order valence-corrected chi connectivity index (χ3v) is 4.73. The van der Waals surface area contributed by atoms with Crippen molar-refractivity contribution in [3.05, 3.63) is 23.9 Å². The van der Waals surface area contributed by atoms with Crippen LogP contribution in [0.15, 0.2) is 18.3 Å². The van der Waals surface area contributed by atoms with Crippen molar-refractivity contribution in [1.82, 2.24) is 4.98 Å². The molecule has 2 heteroatoms. The molecule has 0 unspecified atom stereocenters. The number of pyridine rings is 1. The molecule has 1 rings (SSSR count). The van der Waals surface area contributed by atoms with Gasteiger partial charge in [0.25, 0.3) is 0 Å². The zero-order valence-electron chi connectivity index (χ0n) is 15.4. The lowest BCUT2D eigenvalue weighted by Gasteiger charge is -2.05. The first-order valence-electron chi connectivity index (χ1n) is 10.0. The van der Waals surface area contributed by atoms with Crippen LogP contribution in [0.25, 0.3) is 0 Å². The quantitative estimate of drug-likeness (QED) is 0.366. The summed E-state index contributed by atoms with van der Waals surface area (Å²) in [4.78, 5) is 4.14. The maximum Gasteiger partial charge on any atom is 0.126 e. The van der Waals surface area contributed by atoms with E-state index in [1.54, 1.807) is 6.20 Å². The Morgan fingerprint density at radius 3 is 1.70 bits per heavy atom. The Bertz CT molecular complexity index is 376. The van der Waals surface area contributed by atoms with Crippen molar-refractivity contribution in [2.45, 2.75) is 103 Å². The molecule has 23 heavy (non-hydrogen) atoms. The topological polar surface area (TPSA) is 38.9 Å². The smallest absolute Gasteiger partial charge is 0.126 e. The fourth-order valence-electron chi connectivity index (χ4n) is 3.17. The third-order valence-electron chi connectivity index (χ3n) is 4.73. The molecular weight excluding hydrogens is 280 g/mol. The standard InChI is InChI=1S/C21H38N2/c1-2-3-4-5-6-7-8-9-10-11-12-13-14-15-17-20-18-16-19-23-21(20)22/h16,18-19H,2-15,17H2,1H3,(H2,22,23). The van der Waals surface area contributed by atoms with E-state index in [0.29, 0.717) is 5.82 Å².